The molecule has 26 heavy (non-hydrogen) atoms. The molecule has 1 radical (unpaired) electrons. The van der Waals surface area contributed by atoms with Crippen molar-refractivity contribution >= 4 is 17.7 Å². The van der Waals surface area contributed by atoms with Gasteiger partial charge in [0.25, 0.3) is 0 Å². The van der Waals surface area contributed by atoms with Crippen molar-refractivity contribution in [1.82, 2.24) is 15.3 Å². The first kappa shape index (κ1) is 16.2. The number of fused-ring (bicyclic) bond motifs is 1. The zero-order valence-corrected chi connectivity index (χ0v) is 14.3. The molecule has 0 spiro atoms. The summed E-state index contributed by atoms with van der Waals surface area (Å²) < 4.78 is 5.19. The third-order valence-electron chi connectivity index (χ3n) is 4.14. The lowest BCUT2D eigenvalue weighted by atomic mass is 10.1. The average molecular weight is 345 g/mol. The molecule has 129 valence electrons. The maximum Gasteiger partial charge on any atom is 0.351 e. The minimum Gasteiger partial charge on any atom is -0.380 e. The number of hydrogen-bond donors (Lipinski definition) is 0. The molecule has 0 bridgehead atoms. The normalized spacial score (nSPS) is 12.8. The van der Waals surface area contributed by atoms with Crippen LogP contribution in [0.15, 0.2) is 60.8 Å². The smallest absolute Gasteiger partial charge is 0.351 e. The summed E-state index contributed by atoms with van der Waals surface area (Å²) >= 11 is 0. The van der Waals surface area contributed by atoms with Crippen LogP contribution in [0.3, 0.4) is 0 Å². The fourth-order valence-corrected chi connectivity index (χ4v) is 2.91. The van der Waals surface area contributed by atoms with E-state index in [9.17, 15) is 4.79 Å². The maximum absolute atomic E-state index is 12.3. The maximum atomic E-state index is 12.3. The van der Waals surface area contributed by atoms with Gasteiger partial charge in [0, 0.05) is 12.7 Å². The number of benzene rings is 2. The number of urea groups is 1. The summed E-state index contributed by atoms with van der Waals surface area (Å²) in [6.45, 7) is 0.943. The number of nitrogens with zero attached hydrogens (tertiary/aromatic N) is 4. The third kappa shape index (κ3) is 3.14. The Morgan fingerprint density at radius 2 is 1.85 bits per heavy atom. The Kier molecular flexibility index (Phi) is 4.33. The monoisotopic (exact) mass is 345 g/mol. The Labute approximate surface area is 151 Å². The molecule has 0 saturated heterocycles. The molecule has 0 N–H and O–H groups in total. The number of ether oxygens (including phenoxy) is 1. The molecule has 2 aromatic carbocycles. The van der Waals surface area contributed by atoms with E-state index in [1.54, 1.807) is 18.2 Å². The van der Waals surface area contributed by atoms with Crippen molar-refractivity contribution in [3.8, 4) is 11.3 Å². The number of anilines is 1. The van der Waals surface area contributed by atoms with E-state index in [2.05, 4.69) is 15.3 Å². The number of methoxy groups -OCH3 is 1. The van der Waals surface area contributed by atoms with Crippen molar-refractivity contribution in [3.63, 3.8) is 0 Å². The molecule has 1 aliphatic heterocycles. The summed E-state index contributed by atoms with van der Waals surface area (Å²) in [4.78, 5) is 22.8. The standard InChI is InChI=1S/C20H17N4O2/c1-26-13-15-8-5-9-16(10-15)17-11-21-18-19(22-17)24(20(25)23-18)12-14-6-3-2-4-7-14/h2-11H,12-13H2,1H3. The van der Waals surface area contributed by atoms with E-state index in [0.29, 0.717) is 30.5 Å². The molecule has 0 atom stereocenters. The summed E-state index contributed by atoms with van der Waals surface area (Å²) in [7, 11) is 1.66. The summed E-state index contributed by atoms with van der Waals surface area (Å²) in [5.41, 5.74) is 3.69. The number of aromatic nitrogens is 2. The number of carbonyl (C=O) groups is 1. The fourth-order valence-electron chi connectivity index (χ4n) is 2.91. The summed E-state index contributed by atoms with van der Waals surface area (Å²) in [5, 5.41) is 4.00. The van der Waals surface area contributed by atoms with Gasteiger partial charge in [0.1, 0.15) is 0 Å². The molecule has 4 rings (SSSR count). The number of hydrogen-bond acceptors (Lipinski definition) is 4. The Bertz CT molecular complexity index is 944. The van der Waals surface area contributed by atoms with E-state index in [1.807, 2.05) is 54.6 Å². The fraction of sp³-hybridized carbons (Fsp3) is 0.150. The third-order valence-corrected chi connectivity index (χ3v) is 4.14. The van der Waals surface area contributed by atoms with E-state index in [1.165, 1.54) is 0 Å². The van der Waals surface area contributed by atoms with Crippen LogP contribution in [0.1, 0.15) is 11.1 Å². The van der Waals surface area contributed by atoms with Gasteiger partial charge in [-0.25, -0.2) is 14.8 Å². The van der Waals surface area contributed by atoms with E-state index in [4.69, 9.17) is 4.74 Å². The minimum absolute atomic E-state index is 0.339. The zero-order chi connectivity index (χ0) is 17.9. The van der Waals surface area contributed by atoms with E-state index in [-0.39, 0.29) is 6.03 Å². The van der Waals surface area contributed by atoms with Crippen molar-refractivity contribution in [2.45, 2.75) is 13.2 Å². The van der Waals surface area contributed by atoms with Gasteiger partial charge < -0.3 is 4.74 Å². The quantitative estimate of drug-likeness (QED) is 0.707. The minimum atomic E-state index is -0.339. The molecular formula is C20H17N4O2. The Morgan fingerprint density at radius 3 is 2.65 bits per heavy atom. The molecule has 0 fully saturated rings. The van der Waals surface area contributed by atoms with Crippen LogP contribution in [-0.4, -0.2) is 23.1 Å². The first-order valence-corrected chi connectivity index (χ1v) is 8.27. The molecule has 6 heteroatoms. The van der Waals surface area contributed by atoms with E-state index >= 15 is 0 Å². The van der Waals surface area contributed by atoms with Crippen molar-refractivity contribution in [3.05, 3.63) is 71.9 Å². The lowest BCUT2D eigenvalue weighted by Gasteiger charge is -2.14. The van der Waals surface area contributed by atoms with Crippen LogP contribution in [0.4, 0.5) is 16.4 Å². The first-order chi connectivity index (χ1) is 12.7. The highest BCUT2D eigenvalue weighted by Gasteiger charge is 2.32. The van der Waals surface area contributed by atoms with Crippen LogP contribution in [-0.2, 0) is 17.9 Å². The largest absolute Gasteiger partial charge is 0.380 e. The molecule has 2 heterocycles. The first-order valence-electron chi connectivity index (χ1n) is 8.27. The molecule has 0 unspecified atom stereocenters. The van der Waals surface area contributed by atoms with Crippen molar-refractivity contribution in [2.24, 2.45) is 0 Å². The SMILES string of the molecule is COCc1cccc(-c2cnc3c(n2)N(Cc2ccccc2)C(=O)[N]3)c1. The lowest BCUT2D eigenvalue weighted by Crippen LogP contribution is -2.28. The van der Waals surface area contributed by atoms with Gasteiger partial charge in [-0.1, -0.05) is 48.5 Å². The molecule has 1 aromatic heterocycles. The predicted molar refractivity (Wildman–Crippen MR) is 98.0 cm³/mol. The van der Waals surface area contributed by atoms with Gasteiger partial charge in [0.2, 0.25) is 5.82 Å². The van der Waals surface area contributed by atoms with Crippen LogP contribution >= 0.6 is 0 Å². The molecular weight excluding hydrogens is 328 g/mol. The van der Waals surface area contributed by atoms with Crippen molar-refractivity contribution in [2.75, 3.05) is 12.0 Å². The number of rotatable bonds is 5. The van der Waals surface area contributed by atoms with Crippen LogP contribution < -0.4 is 10.2 Å². The molecule has 3 aromatic rings. The van der Waals surface area contributed by atoms with E-state index < -0.39 is 0 Å². The molecule has 1 aliphatic rings. The second kappa shape index (κ2) is 6.93. The molecule has 2 amide bonds. The second-order valence-electron chi connectivity index (χ2n) is 6.00. The molecule has 0 saturated carbocycles. The van der Waals surface area contributed by atoms with Crippen molar-refractivity contribution in [1.29, 1.82) is 0 Å². The molecule has 0 aliphatic carbocycles. The number of amides is 2. The highest BCUT2D eigenvalue weighted by molar-refractivity contribution is 6.01. The summed E-state index contributed by atoms with van der Waals surface area (Å²) in [6, 6.07) is 17.3. The topological polar surface area (TPSA) is 69.4 Å². The van der Waals surface area contributed by atoms with Gasteiger partial charge >= 0.3 is 6.03 Å². The lowest BCUT2D eigenvalue weighted by molar-refractivity contribution is 0.185. The van der Waals surface area contributed by atoms with Gasteiger partial charge in [-0.3, -0.25) is 4.90 Å². The number of carbonyl (C=O) groups excluding carboxylic acids is 1. The van der Waals surface area contributed by atoms with Crippen LogP contribution in [0.25, 0.3) is 11.3 Å². The van der Waals surface area contributed by atoms with E-state index in [0.717, 1.165) is 16.7 Å². The van der Waals surface area contributed by atoms with Crippen molar-refractivity contribution < 1.29 is 9.53 Å². The van der Waals surface area contributed by atoms with Gasteiger partial charge in [0.15, 0.2) is 5.82 Å². The van der Waals surface area contributed by atoms with Crippen LogP contribution in [0.5, 0.6) is 0 Å². The van der Waals surface area contributed by atoms with Gasteiger partial charge in [-0.05, 0) is 17.2 Å². The zero-order valence-electron chi connectivity index (χ0n) is 14.3. The van der Waals surface area contributed by atoms with Crippen LogP contribution in [0, 0.1) is 0 Å². The average Bonchev–Trinajstić information content (AvgIpc) is 2.98. The Hall–Kier alpha value is -3.25. The van der Waals surface area contributed by atoms with Gasteiger partial charge in [0.05, 0.1) is 25.0 Å². The Balaban J connectivity index is 1.67. The van der Waals surface area contributed by atoms with Gasteiger partial charge in [-0.15, -0.1) is 0 Å². The molecule has 6 nitrogen and oxygen atoms in total. The predicted octanol–water partition coefficient (Wildman–Crippen LogP) is 3.67. The highest BCUT2D eigenvalue weighted by Crippen LogP contribution is 2.32. The van der Waals surface area contributed by atoms with Gasteiger partial charge in [-0.2, -0.15) is 5.32 Å². The summed E-state index contributed by atoms with van der Waals surface area (Å²) in [5.74, 6) is 0.858. The highest BCUT2D eigenvalue weighted by atomic mass is 16.5. The van der Waals surface area contributed by atoms with Crippen LogP contribution in [0.2, 0.25) is 0 Å². The second-order valence-corrected chi connectivity index (χ2v) is 6.00. The Morgan fingerprint density at radius 1 is 1.04 bits per heavy atom. The summed E-state index contributed by atoms with van der Waals surface area (Å²) in [6.07, 6.45) is 1.65.